The van der Waals surface area contributed by atoms with E-state index in [9.17, 15) is 0 Å². The molecule has 0 aliphatic heterocycles. The Labute approximate surface area is 184 Å². The number of nitrogens with one attached hydrogen (secondary N) is 2. The van der Waals surface area contributed by atoms with Gasteiger partial charge in [-0.15, -0.1) is 0 Å². The van der Waals surface area contributed by atoms with Crippen molar-refractivity contribution in [2.24, 2.45) is 0 Å². The molecule has 1 aromatic carbocycles. The van der Waals surface area contributed by atoms with E-state index in [0.29, 0.717) is 0 Å². The van der Waals surface area contributed by atoms with Crippen LogP contribution in [-0.2, 0) is 0 Å². The standard InChI is InChI=1S/C26H42N4/c1-3-5-7-9-11-16-20-27-25-22-24(23-18-14-13-15-19-23)29-26(30-25)28-21-17-12-10-8-6-4-2/h13-15,18-19,22H,3-12,16-17,20-21H2,1-2H3,(H2,27,28,29,30). The van der Waals surface area contributed by atoms with Crippen LogP contribution in [0.2, 0.25) is 0 Å². The third-order valence-electron chi connectivity index (χ3n) is 5.45. The van der Waals surface area contributed by atoms with Crippen LogP contribution in [0.4, 0.5) is 11.8 Å². The average molecular weight is 411 g/mol. The highest BCUT2D eigenvalue weighted by molar-refractivity contribution is 5.64. The summed E-state index contributed by atoms with van der Waals surface area (Å²) in [6.45, 7) is 6.42. The van der Waals surface area contributed by atoms with Crippen molar-refractivity contribution >= 4 is 11.8 Å². The number of hydrogen-bond donors (Lipinski definition) is 2. The van der Waals surface area contributed by atoms with E-state index in [1.807, 2.05) is 6.07 Å². The molecule has 4 heteroatoms. The molecule has 166 valence electrons. The van der Waals surface area contributed by atoms with Crippen LogP contribution in [0.3, 0.4) is 0 Å². The van der Waals surface area contributed by atoms with Crippen molar-refractivity contribution in [3.05, 3.63) is 36.4 Å². The highest BCUT2D eigenvalue weighted by atomic mass is 15.1. The number of hydrogen-bond acceptors (Lipinski definition) is 4. The second kappa shape index (κ2) is 15.7. The van der Waals surface area contributed by atoms with Crippen LogP contribution in [0.25, 0.3) is 11.3 Å². The van der Waals surface area contributed by atoms with Gasteiger partial charge < -0.3 is 10.6 Å². The Balaban J connectivity index is 1.87. The number of anilines is 2. The summed E-state index contributed by atoms with van der Waals surface area (Å²) < 4.78 is 0. The van der Waals surface area contributed by atoms with Gasteiger partial charge in [-0.3, -0.25) is 0 Å². The fraction of sp³-hybridized carbons (Fsp3) is 0.615. The Kier molecular flexibility index (Phi) is 12.7. The molecule has 0 spiro atoms. The molecule has 2 aromatic rings. The molecule has 0 radical (unpaired) electrons. The lowest BCUT2D eigenvalue weighted by molar-refractivity contribution is 0.616. The zero-order valence-corrected chi connectivity index (χ0v) is 19.3. The molecule has 30 heavy (non-hydrogen) atoms. The first-order valence-corrected chi connectivity index (χ1v) is 12.3. The Hall–Kier alpha value is -2.10. The molecule has 0 saturated carbocycles. The van der Waals surface area contributed by atoms with Crippen LogP contribution < -0.4 is 10.6 Å². The van der Waals surface area contributed by atoms with E-state index in [1.165, 1.54) is 77.0 Å². The molecule has 0 atom stereocenters. The third-order valence-corrected chi connectivity index (χ3v) is 5.45. The molecule has 1 aromatic heterocycles. The van der Waals surface area contributed by atoms with Crippen LogP contribution in [0, 0.1) is 0 Å². The first-order valence-electron chi connectivity index (χ1n) is 12.3. The van der Waals surface area contributed by atoms with Gasteiger partial charge in [0.2, 0.25) is 5.95 Å². The van der Waals surface area contributed by atoms with Gasteiger partial charge in [-0.05, 0) is 12.8 Å². The highest BCUT2D eigenvalue weighted by Crippen LogP contribution is 2.21. The molecule has 0 aliphatic carbocycles. The SMILES string of the molecule is CCCCCCCCNc1cc(-c2ccccc2)nc(NCCCCCCCC)n1. The lowest BCUT2D eigenvalue weighted by Gasteiger charge is -2.12. The number of nitrogens with zero attached hydrogens (tertiary/aromatic N) is 2. The van der Waals surface area contributed by atoms with E-state index >= 15 is 0 Å². The molecule has 1 heterocycles. The summed E-state index contributed by atoms with van der Waals surface area (Å²) in [6, 6.07) is 12.5. The predicted octanol–water partition coefficient (Wildman–Crippen LogP) is 7.69. The molecule has 0 unspecified atom stereocenters. The fourth-order valence-corrected chi connectivity index (χ4v) is 3.60. The summed E-state index contributed by atoms with van der Waals surface area (Å²) in [5.41, 5.74) is 2.10. The van der Waals surface area contributed by atoms with Crippen molar-refractivity contribution in [3.63, 3.8) is 0 Å². The summed E-state index contributed by atoms with van der Waals surface area (Å²) in [6.07, 6.45) is 15.6. The maximum absolute atomic E-state index is 4.77. The summed E-state index contributed by atoms with van der Waals surface area (Å²) in [4.78, 5) is 9.49. The third kappa shape index (κ3) is 10.1. The van der Waals surface area contributed by atoms with Gasteiger partial charge in [-0.25, -0.2) is 4.98 Å². The quantitative estimate of drug-likeness (QED) is 0.262. The van der Waals surface area contributed by atoms with Gasteiger partial charge in [0, 0.05) is 24.7 Å². The van der Waals surface area contributed by atoms with Gasteiger partial charge in [0.05, 0.1) is 5.69 Å². The molecule has 0 saturated heterocycles. The number of rotatable bonds is 17. The Morgan fingerprint density at radius 1 is 0.633 bits per heavy atom. The van der Waals surface area contributed by atoms with E-state index in [-0.39, 0.29) is 0 Å². The van der Waals surface area contributed by atoms with Crippen molar-refractivity contribution in [1.29, 1.82) is 0 Å². The van der Waals surface area contributed by atoms with Gasteiger partial charge in [0.25, 0.3) is 0 Å². The molecule has 0 aliphatic rings. The zero-order chi connectivity index (χ0) is 21.3. The highest BCUT2D eigenvalue weighted by Gasteiger charge is 2.06. The van der Waals surface area contributed by atoms with Crippen molar-refractivity contribution in [2.45, 2.75) is 90.9 Å². The van der Waals surface area contributed by atoms with Crippen LogP contribution >= 0.6 is 0 Å². The van der Waals surface area contributed by atoms with Crippen molar-refractivity contribution in [3.8, 4) is 11.3 Å². The monoisotopic (exact) mass is 410 g/mol. The van der Waals surface area contributed by atoms with Gasteiger partial charge in [-0.1, -0.05) is 108 Å². The fourth-order valence-electron chi connectivity index (χ4n) is 3.60. The van der Waals surface area contributed by atoms with Crippen LogP contribution in [-0.4, -0.2) is 23.1 Å². The first-order chi connectivity index (χ1) is 14.8. The maximum atomic E-state index is 4.77. The normalized spacial score (nSPS) is 10.9. The topological polar surface area (TPSA) is 49.8 Å². The lowest BCUT2D eigenvalue weighted by atomic mass is 10.1. The van der Waals surface area contributed by atoms with Crippen LogP contribution in [0.1, 0.15) is 90.9 Å². The zero-order valence-electron chi connectivity index (χ0n) is 19.3. The summed E-state index contributed by atoms with van der Waals surface area (Å²) in [5.74, 6) is 1.65. The Bertz CT molecular complexity index is 636. The number of benzene rings is 1. The smallest absolute Gasteiger partial charge is 0.225 e. The molecule has 2 rings (SSSR count). The van der Waals surface area contributed by atoms with Crippen LogP contribution in [0.5, 0.6) is 0 Å². The molecule has 0 bridgehead atoms. The largest absolute Gasteiger partial charge is 0.370 e. The number of aromatic nitrogens is 2. The minimum Gasteiger partial charge on any atom is -0.370 e. The molecule has 4 nitrogen and oxygen atoms in total. The Morgan fingerprint density at radius 3 is 1.83 bits per heavy atom. The van der Waals surface area contributed by atoms with Crippen molar-refractivity contribution in [2.75, 3.05) is 23.7 Å². The minimum absolute atomic E-state index is 0.732. The summed E-state index contributed by atoms with van der Waals surface area (Å²) >= 11 is 0. The van der Waals surface area contributed by atoms with Crippen molar-refractivity contribution < 1.29 is 0 Å². The molecule has 0 fully saturated rings. The van der Waals surface area contributed by atoms with Gasteiger partial charge >= 0.3 is 0 Å². The van der Waals surface area contributed by atoms with E-state index in [1.54, 1.807) is 0 Å². The molecule has 2 N–H and O–H groups in total. The second-order valence-corrected chi connectivity index (χ2v) is 8.22. The summed E-state index contributed by atoms with van der Waals surface area (Å²) in [5, 5.41) is 6.97. The first kappa shape index (κ1) is 24.2. The van der Waals surface area contributed by atoms with E-state index < -0.39 is 0 Å². The van der Waals surface area contributed by atoms with Crippen molar-refractivity contribution in [1.82, 2.24) is 9.97 Å². The molecular weight excluding hydrogens is 368 g/mol. The van der Waals surface area contributed by atoms with E-state index in [4.69, 9.17) is 9.97 Å². The maximum Gasteiger partial charge on any atom is 0.225 e. The summed E-state index contributed by atoms with van der Waals surface area (Å²) in [7, 11) is 0. The lowest BCUT2D eigenvalue weighted by Crippen LogP contribution is -2.09. The number of unbranched alkanes of at least 4 members (excludes halogenated alkanes) is 10. The van der Waals surface area contributed by atoms with Gasteiger partial charge in [-0.2, -0.15) is 4.98 Å². The van der Waals surface area contributed by atoms with Gasteiger partial charge in [0.15, 0.2) is 0 Å². The molecular formula is C26H42N4. The van der Waals surface area contributed by atoms with E-state index in [0.717, 1.165) is 36.1 Å². The second-order valence-electron chi connectivity index (χ2n) is 8.22. The molecule has 0 amide bonds. The van der Waals surface area contributed by atoms with E-state index in [2.05, 4.69) is 54.8 Å². The minimum atomic E-state index is 0.732. The van der Waals surface area contributed by atoms with Gasteiger partial charge in [0.1, 0.15) is 5.82 Å². The Morgan fingerprint density at radius 2 is 1.20 bits per heavy atom. The average Bonchev–Trinajstić information content (AvgIpc) is 2.78. The predicted molar refractivity (Wildman–Crippen MR) is 131 cm³/mol. The van der Waals surface area contributed by atoms with Crippen LogP contribution in [0.15, 0.2) is 36.4 Å².